The summed E-state index contributed by atoms with van der Waals surface area (Å²) in [5.74, 6) is -0.845. The van der Waals surface area contributed by atoms with E-state index in [4.69, 9.17) is 34.8 Å². The number of benzene rings is 2. The van der Waals surface area contributed by atoms with Gasteiger partial charge in [0, 0.05) is 6.07 Å². The van der Waals surface area contributed by atoms with Crippen LogP contribution < -0.4 is 9.46 Å². The van der Waals surface area contributed by atoms with Crippen LogP contribution in [0.5, 0.6) is 5.75 Å². The maximum absolute atomic E-state index is 12.4. The molecule has 0 radical (unpaired) electrons. The molecule has 2 aromatic rings. The number of rotatable bonds is 4. The lowest BCUT2D eigenvalue weighted by atomic mass is 10.2. The summed E-state index contributed by atoms with van der Waals surface area (Å²) in [6.45, 7) is 1.77. The van der Waals surface area contributed by atoms with Crippen LogP contribution in [0.2, 0.25) is 15.1 Å². The van der Waals surface area contributed by atoms with Gasteiger partial charge in [0.1, 0.15) is 5.02 Å². The van der Waals surface area contributed by atoms with E-state index in [1.807, 2.05) is 0 Å². The number of ether oxygens (including phenoxy) is 1. The van der Waals surface area contributed by atoms with Crippen LogP contribution in [0, 0.1) is 6.92 Å². The Morgan fingerprint density at radius 2 is 1.60 bits per heavy atom. The number of halogens is 6. The van der Waals surface area contributed by atoms with Gasteiger partial charge in [0.15, 0.2) is 5.75 Å². The highest BCUT2D eigenvalue weighted by molar-refractivity contribution is 7.92. The van der Waals surface area contributed by atoms with Gasteiger partial charge in [-0.1, -0.05) is 52.5 Å². The minimum atomic E-state index is -5.01. The summed E-state index contributed by atoms with van der Waals surface area (Å²) in [5, 5.41) is -1.57. The van der Waals surface area contributed by atoms with Crippen molar-refractivity contribution in [3.63, 3.8) is 0 Å². The average Bonchev–Trinajstić information content (AvgIpc) is 2.48. The van der Waals surface area contributed by atoms with E-state index in [-0.39, 0.29) is 10.6 Å². The molecule has 0 aromatic heterocycles. The predicted molar refractivity (Wildman–Crippen MR) is 90.1 cm³/mol. The van der Waals surface area contributed by atoms with Gasteiger partial charge in [-0.05, 0) is 19.1 Å². The van der Waals surface area contributed by atoms with E-state index < -0.39 is 37.2 Å². The third-order valence-corrected chi connectivity index (χ3v) is 5.43. The first kappa shape index (κ1) is 20.0. The van der Waals surface area contributed by atoms with Crippen LogP contribution in [0.25, 0.3) is 0 Å². The first-order chi connectivity index (χ1) is 11.4. The van der Waals surface area contributed by atoms with Crippen LogP contribution in [-0.4, -0.2) is 14.8 Å². The summed E-state index contributed by atoms with van der Waals surface area (Å²) in [7, 11) is -4.08. The molecule has 25 heavy (non-hydrogen) atoms. The van der Waals surface area contributed by atoms with Gasteiger partial charge in [-0.25, -0.2) is 8.42 Å². The Morgan fingerprint density at radius 3 is 2.12 bits per heavy atom. The second kappa shape index (κ2) is 7.11. The second-order valence-corrected chi connectivity index (χ2v) is 7.67. The number of alkyl halides is 3. The van der Waals surface area contributed by atoms with Gasteiger partial charge in [0.05, 0.1) is 20.6 Å². The van der Waals surface area contributed by atoms with Crippen molar-refractivity contribution in [1.82, 2.24) is 0 Å². The van der Waals surface area contributed by atoms with Crippen molar-refractivity contribution >= 4 is 50.5 Å². The van der Waals surface area contributed by atoms with E-state index in [9.17, 15) is 21.6 Å². The van der Waals surface area contributed by atoms with Crippen molar-refractivity contribution in [2.24, 2.45) is 0 Å². The Balaban J connectivity index is 2.43. The maximum atomic E-state index is 12.4. The Hall–Kier alpha value is -1.35. The number of hydrogen-bond donors (Lipinski definition) is 1. The molecule has 1 N–H and O–H groups in total. The second-order valence-electron chi connectivity index (χ2n) is 4.83. The highest BCUT2D eigenvalue weighted by Crippen LogP contribution is 2.44. The molecular formula is C14H9Cl3F3NO3S. The maximum Gasteiger partial charge on any atom is 0.573 e. The fraction of sp³-hybridized carbons (Fsp3) is 0.143. The SMILES string of the molecule is Cc1ccc(S(=O)(=O)Nc2c(Cl)cc(OC(F)(F)F)c(Cl)c2Cl)cc1. The summed E-state index contributed by atoms with van der Waals surface area (Å²) in [6.07, 6.45) is -5.01. The lowest BCUT2D eigenvalue weighted by molar-refractivity contribution is -0.274. The van der Waals surface area contributed by atoms with Crippen LogP contribution >= 0.6 is 34.8 Å². The summed E-state index contributed by atoms with van der Waals surface area (Å²) < 4.78 is 67.5. The molecule has 2 aromatic carbocycles. The first-order valence-corrected chi connectivity index (χ1v) is 9.05. The Kier molecular flexibility index (Phi) is 5.68. The molecule has 0 bridgehead atoms. The number of anilines is 1. The molecular weight excluding hydrogens is 426 g/mol. The van der Waals surface area contributed by atoms with Crippen molar-refractivity contribution in [2.75, 3.05) is 4.72 Å². The zero-order chi connectivity index (χ0) is 19.0. The zero-order valence-electron chi connectivity index (χ0n) is 12.3. The zero-order valence-corrected chi connectivity index (χ0v) is 15.4. The highest BCUT2D eigenvalue weighted by atomic mass is 35.5. The van der Waals surface area contributed by atoms with E-state index in [2.05, 4.69) is 9.46 Å². The van der Waals surface area contributed by atoms with Crippen molar-refractivity contribution in [3.8, 4) is 5.75 Å². The van der Waals surface area contributed by atoms with Gasteiger partial charge in [-0.2, -0.15) is 0 Å². The quantitative estimate of drug-likeness (QED) is 0.632. The van der Waals surface area contributed by atoms with E-state index >= 15 is 0 Å². The van der Waals surface area contributed by atoms with Crippen LogP contribution in [-0.2, 0) is 10.0 Å². The minimum absolute atomic E-state index is 0.0861. The third-order valence-electron chi connectivity index (χ3n) is 2.92. The van der Waals surface area contributed by atoms with E-state index in [0.29, 0.717) is 0 Å². The molecule has 136 valence electrons. The standard InChI is InChI=1S/C14H9Cl3F3NO3S/c1-7-2-4-8(5-3-7)25(22,23)21-13-9(15)6-10(11(16)12(13)17)24-14(18,19)20/h2-6,21H,1H3. The van der Waals surface area contributed by atoms with Crippen LogP contribution in [0.1, 0.15) is 5.56 Å². The lowest BCUT2D eigenvalue weighted by Crippen LogP contribution is -2.18. The smallest absolute Gasteiger partial charge is 0.404 e. The van der Waals surface area contributed by atoms with Gasteiger partial charge in [-0.3, -0.25) is 4.72 Å². The van der Waals surface area contributed by atoms with Gasteiger partial charge in [-0.15, -0.1) is 13.2 Å². The topological polar surface area (TPSA) is 55.4 Å². The Bertz CT molecular complexity index is 900. The van der Waals surface area contributed by atoms with Crippen LogP contribution in [0.3, 0.4) is 0 Å². The molecule has 0 saturated carbocycles. The van der Waals surface area contributed by atoms with E-state index in [1.54, 1.807) is 19.1 Å². The highest BCUT2D eigenvalue weighted by Gasteiger charge is 2.33. The van der Waals surface area contributed by atoms with Crippen molar-refractivity contribution in [1.29, 1.82) is 0 Å². The summed E-state index contributed by atoms with van der Waals surface area (Å²) in [4.78, 5) is -0.0861. The molecule has 0 spiro atoms. The van der Waals surface area contributed by atoms with E-state index in [0.717, 1.165) is 11.6 Å². The number of sulfonamides is 1. The summed E-state index contributed by atoms with van der Waals surface area (Å²) in [5.41, 5.74) is 0.482. The molecule has 2 rings (SSSR count). The fourth-order valence-corrected chi connectivity index (χ4v) is 3.70. The van der Waals surface area contributed by atoms with E-state index in [1.165, 1.54) is 12.1 Å². The van der Waals surface area contributed by atoms with Gasteiger partial charge >= 0.3 is 6.36 Å². The van der Waals surface area contributed by atoms with Crippen LogP contribution in [0.4, 0.5) is 18.9 Å². The third kappa shape index (κ3) is 4.84. The average molecular weight is 435 g/mol. The lowest BCUT2D eigenvalue weighted by Gasteiger charge is -2.16. The Morgan fingerprint density at radius 1 is 1.04 bits per heavy atom. The molecule has 0 aliphatic rings. The monoisotopic (exact) mass is 433 g/mol. The molecule has 0 saturated heterocycles. The Labute approximate surface area is 156 Å². The number of hydrogen-bond acceptors (Lipinski definition) is 3. The molecule has 0 atom stereocenters. The molecule has 0 amide bonds. The molecule has 11 heteroatoms. The molecule has 4 nitrogen and oxygen atoms in total. The van der Waals surface area contributed by atoms with Crippen LogP contribution in [0.15, 0.2) is 35.2 Å². The molecule has 0 fully saturated rings. The van der Waals surface area contributed by atoms with Gasteiger partial charge in [0.25, 0.3) is 10.0 Å². The first-order valence-electron chi connectivity index (χ1n) is 6.43. The number of nitrogens with one attached hydrogen (secondary N) is 1. The van der Waals surface area contributed by atoms with Gasteiger partial charge < -0.3 is 4.74 Å². The normalized spacial score (nSPS) is 12.1. The van der Waals surface area contributed by atoms with Crippen molar-refractivity contribution in [3.05, 3.63) is 51.0 Å². The van der Waals surface area contributed by atoms with Crippen molar-refractivity contribution in [2.45, 2.75) is 18.2 Å². The van der Waals surface area contributed by atoms with Gasteiger partial charge in [0.2, 0.25) is 0 Å². The summed E-state index contributed by atoms with van der Waals surface area (Å²) in [6, 6.07) is 6.57. The number of aryl methyl sites for hydroxylation is 1. The minimum Gasteiger partial charge on any atom is -0.404 e. The van der Waals surface area contributed by atoms with Crippen molar-refractivity contribution < 1.29 is 26.3 Å². The fourth-order valence-electron chi connectivity index (χ4n) is 1.78. The molecule has 0 heterocycles. The molecule has 0 aliphatic heterocycles. The summed E-state index contributed by atoms with van der Waals surface area (Å²) >= 11 is 17.4. The predicted octanol–water partition coefficient (Wildman–Crippen LogP) is 5.65. The molecule has 0 aliphatic carbocycles. The largest absolute Gasteiger partial charge is 0.573 e. The molecule has 0 unspecified atom stereocenters.